The van der Waals surface area contributed by atoms with Crippen molar-refractivity contribution in [3.8, 4) is 5.75 Å². The van der Waals surface area contributed by atoms with E-state index in [2.05, 4.69) is 60.8 Å². The molecule has 102 valence electrons. The van der Waals surface area contributed by atoms with Crippen LogP contribution in [-0.4, -0.2) is 13.7 Å². The Morgan fingerprint density at radius 1 is 1.26 bits per heavy atom. The molecule has 0 saturated heterocycles. The van der Waals surface area contributed by atoms with Gasteiger partial charge in [-0.25, -0.2) is 0 Å². The quantitative estimate of drug-likeness (QED) is 0.758. The lowest BCUT2D eigenvalue weighted by Crippen LogP contribution is -2.17. The lowest BCUT2D eigenvalue weighted by Gasteiger charge is -2.17. The summed E-state index contributed by atoms with van der Waals surface area (Å²) in [5, 5.41) is 5.51. The average molecular weight is 405 g/mol. The Morgan fingerprint density at radius 2 is 2.05 bits per heavy atom. The van der Waals surface area contributed by atoms with Crippen LogP contribution in [-0.2, 0) is 0 Å². The summed E-state index contributed by atoms with van der Waals surface area (Å²) in [7, 11) is 1.97. The van der Waals surface area contributed by atoms with E-state index in [1.807, 2.05) is 20.0 Å². The van der Waals surface area contributed by atoms with E-state index in [-0.39, 0.29) is 6.04 Å². The molecule has 0 saturated carbocycles. The van der Waals surface area contributed by atoms with Crippen LogP contribution in [0.25, 0.3) is 0 Å². The summed E-state index contributed by atoms with van der Waals surface area (Å²) in [6.45, 7) is 2.66. The summed E-state index contributed by atoms with van der Waals surface area (Å²) in [4.78, 5) is 0. The van der Waals surface area contributed by atoms with Gasteiger partial charge >= 0.3 is 0 Å². The smallest absolute Gasteiger partial charge is 0.133 e. The third-order valence-electron chi connectivity index (χ3n) is 2.80. The van der Waals surface area contributed by atoms with Gasteiger partial charge in [-0.1, -0.05) is 6.07 Å². The van der Waals surface area contributed by atoms with Crippen molar-refractivity contribution in [2.24, 2.45) is 0 Å². The Bertz CT molecular complexity index is 556. The van der Waals surface area contributed by atoms with E-state index in [0.29, 0.717) is 6.61 Å². The Balaban J connectivity index is 2.31. The van der Waals surface area contributed by atoms with Gasteiger partial charge < -0.3 is 10.1 Å². The van der Waals surface area contributed by atoms with Crippen LogP contribution in [0.2, 0.25) is 0 Å². The first-order valence-corrected chi connectivity index (χ1v) is 8.45. The van der Waals surface area contributed by atoms with Crippen molar-refractivity contribution in [3.63, 3.8) is 0 Å². The fourth-order valence-electron chi connectivity index (χ4n) is 1.97. The fourth-order valence-corrected chi connectivity index (χ4v) is 3.68. The van der Waals surface area contributed by atoms with Crippen molar-refractivity contribution < 1.29 is 4.74 Å². The monoisotopic (exact) mass is 403 g/mol. The van der Waals surface area contributed by atoms with Crippen molar-refractivity contribution in [1.82, 2.24) is 5.32 Å². The van der Waals surface area contributed by atoms with E-state index in [1.165, 1.54) is 11.1 Å². The first-order valence-electron chi connectivity index (χ1n) is 5.99. The molecule has 5 heteroatoms. The molecule has 0 amide bonds. The van der Waals surface area contributed by atoms with Crippen molar-refractivity contribution in [2.75, 3.05) is 13.7 Å². The van der Waals surface area contributed by atoms with Crippen LogP contribution in [0.4, 0.5) is 0 Å². The summed E-state index contributed by atoms with van der Waals surface area (Å²) in [6, 6.07) is 8.56. The highest BCUT2D eigenvalue weighted by molar-refractivity contribution is 9.11. The molecule has 0 aliphatic carbocycles. The number of ether oxygens (including phenoxy) is 1. The van der Waals surface area contributed by atoms with Crippen LogP contribution >= 0.6 is 43.2 Å². The van der Waals surface area contributed by atoms with Gasteiger partial charge in [-0.05, 0) is 80.5 Å². The third-order valence-corrected chi connectivity index (χ3v) is 4.94. The first-order chi connectivity index (χ1) is 9.15. The van der Waals surface area contributed by atoms with Crippen LogP contribution in [0.1, 0.15) is 24.1 Å². The van der Waals surface area contributed by atoms with Gasteiger partial charge in [-0.2, -0.15) is 0 Å². The Hall–Kier alpha value is -0.360. The van der Waals surface area contributed by atoms with Crippen molar-refractivity contribution >= 4 is 43.2 Å². The zero-order valence-corrected chi connectivity index (χ0v) is 14.7. The summed E-state index contributed by atoms with van der Waals surface area (Å²) < 4.78 is 7.68. The summed E-state index contributed by atoms with van der Waals surface area (Å²) in [6.07, 6.45) is 0. The molecule has 2 rings (SSSR count). The largest absolute Gasteiger partial charge is 0.493 e. The van der Waals surface area contributed by atoms with E-state index in [4.69, 9.17) is 4.74 Å². The highest BCUT2D eigenvalue weighted by atomic mass is 79.9. The Morgan fingerprint density at radius 3 is 2.58 bits per heavy atom. The molecule has 2 aromatic rings. The molecule has 0 aliphatic rings. The lowest BCUT2D eigenvalue weighted by molar-refractivity contribution is 0.338. The molecule has 0 spiro atoms. The second kappa shape index (κ2) is 6.88. The van der Waals surface area contributed by atoms with E-state index in [9.17, 15) is 0 Å². The molecule has 1 unspecified atom stereocenters. The van der Waals surface area contributed by atoms with Crippen LogP contribution in [0.15, 0.2) is 37.9 Å². The second-order valence-corrected chi connectivity index (χ2v) is 7.17. The van der Waals surface area contributed by atoms with E-state index >= 15 is 0 Å². The molecule has 0 bridgehead atoms. The van der Waals surface area contributed by atoms with Crippen molar-refractivity contribution in [1.29, 1.82) is 0 Å². The summed E-state index contributed by atoms with van der Waals surface area (Å²) in [5.41, 5.74) is 2.47. The molecule has 19 heavy (non-hydrogen) atoms. The molecular weight excluding hydrogens is 390 g/mol. The van der Waals surface area contributed by atoms with Crippen LogP contribution < -0.4 is 10.1 Å². The lowest BCUT2D eigenvalue weighted by atomic mass is 10.0. The first kappa shape index (κ1) is 15.0. The SMILES string of the molecule is CCOc1ccc(C(NC)c2csc(Br)c2)cc1Br. The number of benzene rings is 1. The molecule has 1 aromatic carbocycles. The summed E-state index contributed by atoms with van der Waals surface area (Å²) in [5.74, 6) is 0.882. The van der Waals surface area contributed by atoms with E-state index in [1.54, 1.807) is 11.3 Å². The topological polar surface area (TPSA) is 21.3 Å². The van der Waals surface area contributed by atoms with E-state index < -0.39 is 0 Å². The van der Waals surface area contributed by atoms with Crippen LogP contribution in [0.3, 0.4) is 0 Å². The van der Waals surface area contributed by atoms with E-state index in [0.717, 1.165) is 14.0 Å². The normalized spacial score (nSPS) is 12.4. The minimum absolute atomic E-state index is 0.189. The van der Waals surface area contributed by atoms with Crippen molar-refractivity contribution in [2.45, 2.75) is 13.0 Å². The highest BCUT2D eigenvalue weighted by Crippen LogP contribution is 2.33. The maximum absolute atomic E-state index is 5.54. The van der Waals surface area contributed by atoms with Gasteiger partial charge in [0.15, 0.2) is 0 Å². The van der Waals surface area contributed by atoms with Gasteiger partial charge in [0, 0.05) is 0 Å². The van der Waals surface area contributed by atoms with Gasteiger partial charge in [0.05, 0.1) is 20.9 Å². The predicted octanol–water partition coefficient (Wildman–Crippen LogP) is 4.98. The zero-order chi connectivity index (χ0) is 13.8. The molecule has 1 N–H and O–H groups in total. The fraction of sp³-hybridized carbons (Fsp3) is 0.286. The molecule has 0 radical (unpaired) electrons. The number of halogens is 2. The zero-order valence-electron chi connectivity index (χ0n) is 10.7. The van der Waals surface area contributed by atoms with Gasteiger partial charge in [0.1, 0.15) is 5.75 Å². The average Bonchev–Trinajstić information content (AvgIpc) is 2.80. The molecular formula is C14H15Br2NOS. The third kappa shape index (κ3) is 3.60. The number of nitrogens with one attached hydrogen (secondary N) is 1. The molecule has 1 aromatic heterocycles. The molecule has 0 aliphatic heterocycles. The van der Waals surface area contributed by atoms with Crippen molar-refractivity contribution in [3.05, 3.63) is 49.0 Å². The minimum atomic E-state index is 0.189. The number of hydrogen-bond acceptors (Lipinski definition) is 3. The number of hydrogen-bond donors (Lipinski definition) is 1. The molecule has 1 atom stereocenters. The van der Waals surface area contributed by atoms with Crippen LogP contribution in [0.5, 0.6) is 5.75 Å². The molecule has 1 heterocycles. The number of thiophene rings is 1. The number of rotatable bonds is 5. The predicted molar refractivity (Wildman–Crippen MR) is 88.2 cm³/mol. The Labute approximate surface area is 134 Å². The van der Waals surface area contributed by atoms with Gasteiger partial charge in [-0.15, -0.1) is 11.3 Å². The molecule has 0 fully saturated rings. The minimum Gasteiger partial charge on any atom is -0.493 e. The highest BCUT2D eigenvalue weighted by Gasteiger charge is 2.15. The maximum atomic E-state index is 5.54. The van der Waals surface area contributed by atoms with Gasteiger partial charge in [-0.3, -0.25) is 0 Å². The summed E-state index contributed by atoms with van der Waals surface area (Å²) >= 11 is 8.77. The van der Waals surface area contributed by atoms with Gasteiger partial charge in [0.25, 0.3) is 0 Å². The Kier molecular flexibility index (Phi) is 5.45. The van der Waals surface area contributed by atoms with Gasteiger partial charge in [0.2, 0.25) is 0 Å². The van der Waals surface area contributed by atoms with Crippen LogP contribution in [0, 0.1) is 0 Å². The second-order valence-electron chi connectivity index (χ2n) is 4.03. The maximum Gasteiger partial charge on any atom is 0.133 e. The standard InChI is InChI=1S/C14H15Br2NOS/c1-3-18-12-5-4-9(6-11(12)15)14(17-2)10-7-13(16)19-8-10/h4-8,14,17H,3H2,1-2H3. The molecule has 2 nitrogen and oxygen atoms in total.